The number of imide groups is 2. The van der Waals surface area contributed by atoms with Gasteiger partial charge in [-0.25, -0.2) is 14.1 Å². The van der Waals surface area contributed by atoms with E-state index >= 15 is 0 Å². The maximum Gasteiger partial charge on any atom is 0.335 e. The molecule has 6 nitrogen and oxygen atoms in total. The molecule has 8 heteroatoms. The molecule has 1 fully saturated rings. The molecule has 0 saturated carbocycles. The lowest BCUT2D eigenvalue weighted by Gasteiger charge is -2.26. The number of hydrogen-bond donors (Lipinski definition) is 1. The van der Waals surface area contributed by atoms with Gasteiger partial charge in [0.1, 0.15) is 23.7 Å². The molecule has 0 radical (unpaired) electrons. The normalized spacial score (nSPS) is 15.1. The Morgan fingerprint density at radius 2 is 1.69 bits per heavy atom. The van der Waals surface area contributed by atoms with E-state index in [1.165, 1.54) is 18.2 Å². The van der Waals surface area contributed by atoms with Crippen LogP contribution in [0, 0.1) is 5.82 Å². The van der Waals surface area contributed by atoms with Gasteiger partial charge in [-0.15, -0.1) is 0 Å². The number of ether oxygens (including phenoxy) is 1. The van der Waals surface area contributed by atoms with Crippen molar-refractivity contribution in [3.05, 3.63) is 100 Å². The van der Waals surface area contributed by atoms with Gasteiger partial charge < -0.3 is 4.74 Å². The lowest BCUT2D eigenvalue weighted by atomic mass is 10.1. The number of carbonyl (C=O) groups is 3. The number of halogens is 2. The second-order valence-electron chi connectivity index (χ2n) is 6.89. The van der Waals surface area contributed by atoms with Crippen molar-refractivity contribution in [2.24, 2.45) is 0 Å². The van der Waals surface area contributed by atoms with Crippen LogP contribution in [0.15, 0.2) is 78.4 Å². The third-order valence-corrected chi connectivity index (χ3v) is 4.93. The predicted octanol–water partition coefficient (Wildman–Crippen LogP) is 4.72. The Morgan fingerprint density at radius 3 is 2.41 bits per heavy atom. The zero-order valence-electron chi connectivity index (χ0n) is 16.5. The highest BCUT2D eigenvalue weighted by molar-refractivity contribution is 6.39. The Kier molecular flexibility index (Phi) is 6.00. The molecular weight excluding hydrogens is 435 g/mol. The summed E-state index contributed by atoms with van der Waals surface area (Å²) in [6.07, 6.45) is 1.33. The predicted molar refractivity (Wildman–Crippen MR) is 118 cm³/mol. The first-order chi connectivity index (χ1) is 15.4. The zero-order valence-corrected chi connectivity index (χ0v) is 17.3. The van der Waals surface area contributed by atoms with Crippen LogP contribution in [0.1, 0.15) is 11.1 Å². The fourth-order valence-corrected chi connectivity index (χ4v) is 3.31. The second-order valence-corrected chi connectivity index (χ2v) is 7.33. The Balaban J connectivity index is 1.66. The summed E-state index contributed by atoms with van der Waals surface area (Å²) < 4.78 is 18.9. The number of nitrogens with zero attached hydrogens (tertiary/aromatic N) is 1. The third kappa shape index (κ3) is 4.53. The van der Waals surface area contributed by atoms with Crippen molar-refractivity contribution in [3.8, 4) is 5.75 Å². The molecule has 3 aromatic carbocycles. The molecule has 0 atom stereocenters. The molecule has 4 amide bonds. The molecule has 3 aromatic rings. The number of urea groups is 1. The largest absolute Gasteiger partial charge is 0.488 e. The van der Waals surface area contributed by atoms with Crippen LogP contribution >= 0.6 is 11.6 Å². The first-order valence-corrected chi connectivity index (χ1v) is 9.93. The summed E-state index contributed by atoms with van der Waals surface area (Å²) in [7, 11) is 0. The molecule has 1 N–H and O–H groups in total. The Hall–Kier alpha value is -3.97. The van der Waals surface area contributed by atoms with Crippen molar-refractivity contribution in [1.29, 1.82) is 0 Å². The zero-order chi connectivity index (χ0) is 22.7. The average Bonchev–Trinajstić information content (AvgIpc) is 2.78. The van der Waals surface area contributed by atoms with Crippen LogP contribution in [0.2, 0.25) is 5.02 Å². The van der Waals surface area contributed by atoms with Crippen molar-refractivity contribution in [2.45, 2.75) is 6.61 Å². The standard InChI is InChI=1S/C24H16ClFN2O4/c25-17-8-11-21(32-14-15-6-9-18(26)10-7-15)16(12-17)13-20-22(29)27-24(31)28(23(20)30)19-4-2-1-3-5-19/h1-13H,14H2,(H,27,29,31)/b20-13+. The Morgan fingerprint density at radius 1 is 0.969 bits per heavy atom. The van der Waals surface area contributed by atoms with Gasteiger partial charge in [-0.3, -0.25) is 14.9 Å². The lowest BCUT2D eigenvalue weighted by Crippen LogP contribution is -2.54. The van der Waals surface area contributed by atoms with E-state index in [2.05, 4.69) is 5.32 Å². The fraction of sp³-hybridized carbons (Fsp3) is 0.0417. The van der Waals surface area contributed by atoms with Crippen LogP contribution in [-0.4, -0.2) is 17.8 Å². The van der Waals surface area contributed by atoms with Crippen LogP contribution in [0.3, 0.4) is 0 Å². The van der Waals surface area contributed by atoms with Gasteiger partial charge in [0.25, 0.3) is 11.8 Å². The van der Waals surface area contributed by atoms with Crippen LogP contribution in [0.5, 0.6) is 5.75 Å². The summed E-state index contributed by atoms with van der Waals surface area (Å²) in [4.78, 5) is 38.6. The summed E-state index contributed by atoms with van der Waals surface area (Å²) >= 11 is 6.11. The van der Waals surface area contributed by atoms with E-state index in [1.54, 1.807) is 60.7 Å². The number of carbonyl (C=O) groups excluding carboxylic acids is 3. The van der Waals surface area contributed by atoms with Crippen LogP contribution < -0.4 is 15.0 Å². The van der Waals surface area contributed by atoms with Gasteiger partial charge in [-0.1, -0.05) is 41.9 Å². The van der Waals surface area contributed by atoms with E-state index in [0.717, 1.165) is 10.5 Å². The number of para-hydroxylation sites is 1. The van der Waals surface area contributed by atoms with E-state index < -0.39 is 17.8 Å². The Bertz CT molecular complexity index is 1230. The fourth-order valence-electron chi connectivity index (χ4n) is 3.13. The lowest BCUT2D eigenvalue weighted by molar-refractivity contribution is -0.122. The molecule has 160 valence electrons. The van der Waals surface area contributed by atoms with Crippen molar-refractivity contribution < 1.29 is 23.5 Å². The molecule has 0 unspecified atom stereocenters. The van der Waals surface area contributed by atoms with Crippen molar-refractivity contribution in [2.75, 3.05) is 4.90 Å². The number of benzene rings is 3. The molecule has 1 saturated heterocycles. The first kappa shape index (κ1) is 21.3. The summed E-state index contributed by atoms with van der Waals surface area (Å²) in [6, 6.07) is 18.0. The minimum absolute atomic E-state index is 0.132. The molecule has 32 heavy (non-hydrogen) atoms. The van der Waals surface area contributed by atoms with Gasteiger partial charge in [0.05, 0.1) is 5.69 Å². The van der Waals surface area contributed by atoms with Gasteiger partial charge in [-0.05, 0) is 54.1 Å². The number of amides is 4. The van der Waals surface area contributed by atoms with Crippen molar-refractivity contribution in [1.82, 2.24) is 5.32 Å². The summed E-state index contributed by atoms with van der Waals surface area (Å²) in [5, 5.41) is 2.54. The maximum atomic E-state index is 13.1. The smallest absolute Gasteiger partial charge is 0.335 e. The van der Waals surface area contributed by atoms with E-state index in [1.807, 2.05) is 0 Å². The molecule has 0 aromatic heterocycles. The van der Waals surface area contributed by atoms with Crippen molar-refractivity contribution in [3.63, 3.8) is 0 Å². The summed E-state index contributed by atoms with van der Waals surface area (Å²) in [5.41, 5.74) is 1.18. The highest BCUT2D eigenvalue weighted by Crippen LogP contribution is 2.28. The highest BCUT2D eigenvalue weighted by Gasteiger charge is 2.36. The SMILES string of the molecule is O=C1NC(=O)N(c2ccccc2)C(=O)/C1=C/c1cc(Cl)ccc1OCc1ccc(F)cc1. The van der Waals surface area contributed by atoms with E-state index in [0.29, 0.717) is 22.0 Å². The summed E-state index contributed by atoms with van der Waals surface area (Å²) in [6.45, 7) is 0.132. The van der Waals surface area contributed by atoms with Crippen LogP contribution in [0.4, 0.5) is 14.9 Å². The average molecular weight is 451 g/mol. The van der Waals surface area contributed by atoms with E-state index in [-0.39, 0.29) is 18.0 Å². The monoisotopic (exact) mass is 450 g/mol. The van der Waals surface area contributed by atoms with Gasteiger partial charge in [0.15, 0.2) is 0 Å². The summed E-state index contributed by atoms with van der Waals surface area (Å²) in [5.74, 6) is -1.59. The van der Waals surface area contributed by atoms with Gasteiger partial charge in [0, 0.05) is 10.6 Å². The molecule has 4 rings (SSSR count). The molecule has 1 aliphatic heterocycles. The Labute approximate surface area is 187 Å². The number of nitrogens with one attached hydrogen (secondary N) is 1. The highest BCUT2D eigenvalue weighted by atomic mass is 35.5. The molecule has 1 aliphatic rings. The molecular formula is C24H16ClFN2O4. The molecule has 0 bridgehead atoms. The number of rotatable bonds is 5. The maximum absolute atomic E-state index is 13.1. The minimum atomic E-state index is -0.831. The number of hydrogen-bond acceptors (Lipinski definition) is 4. The minimum Gasteiger partial charge on any atom is -0.488 e. The second kappa shape index (κ2) is 9.03. The number of anilines is 1. The van der Waals surface area contributed by atoms with Crippen LogP contribution in [0.25, 0.3) is 6.08 Å². The third-order valence-electron chi connectivity index (χ3n) is 4.70. The molecule has 0 spiro atoms. The van der Waals surface area contributed by atoms with E-state index in [9.17, 15) is 18.8 Å². The molecule has 0 aliphatic carbocycles. The van der Waals surface area contributed by atoms with Gasteiger partial charge >= 0.3 is 6.03 Å². The van der Waals surface area contributed by atoms with Crippen molar-refractivity contribution >= 4 is 41.2 Å². The first-order valence-electron chi connectivity index (χ1n) is 9.55. The van der Waals surface area contributed by atoms with Gasteiger partial charge in [-0.2, -0.15) is 0 Å². The van der Waals surface area contributed by atoms with Gasteiger partial charge in [0.2, 0.25) is 0 Å². The van der Waals surface area contributed by atoms with E-state index in [4.69, 9.17) is 16.3 Å². The number of barbiturate groups is 1. The molecule has 1 heterocycles. The topological polar surface area (TPSA) is 75.7 Å². The van der Waals surface area contributed by atoms with Crippen LogP contribution in [-0.2, 0) is 16.2 Å². The quantitative estimate of drug-likeness (QED) is 0.450.